The molecule has 102 valence electrons. The number of hydrogen-bond donors (Lipinski definition) is 2. The number of primary sulfonamides is 1. The van der Waals surface area contributed by atoms with Crippen molar-refractivity contribution in [1.82, 2.24) is 5.32 Å². The highest BCUT2D eigenvalue weighted by Gasteiger charge is 2.05. The van der Waals surface area contributed by atoms with E-state index in [-0.39, 0.29) is 17.6 Å². The molecule has 1 atom stereocenters. The van der Waals surface area contributed by atoms with Gasteiger partial charge in [0.2, 0.25) is 10.0 Å². The van der Waals surface area contributed by atoms with Crippen LogP contribution in [0.25, 0.3) is 0 Å². The molecule has 0 aliphatic rings. The fourth-order valence-electron chi connectivity index (χ4n) is 1.67. The van der Waals surface area contributed by atoms with Gasteiger partial charge in [-0.25, -0.2) is 17.9 Å². The summed E-state index contributed by atoms with van der Waals surface area (Å²) < 4.78 is 34.1. The van der Waals surface area contributed by atoms with Crippen molar-refractivity contribution in [2.75, 3.05) is 12.3 Å². The number of nitrogens with two attached hydrogens (primary N) is 1. The van der Waals surface area contributed by atoms with E-state index >= 15 is 0 Å². The maximum atomic E-state index is 12.7. The lowest BCUT2D eigenvalue weighted by molar-refractivity contribution is 0.538. The van der Waals surface area contributed by atoms with Gasteiger partial charge in [0.1, 0.15) is 5.82 Å². The summed E-state index contributed by atoms with van der Waals surface area (Å²) in [6.45, 7) is 2.60. The minimum atomic E-state index is -3.37. The van der Waals surface area contributed by atoms with Gasteiger partial charge < -0.3 is 5.32 Å². The van der Waals surface area contributed by atoms with E-state index in [9.17, 15) is 12.8 Å². The highest BCUT2D eigenvalue weighted by Crippen LogP contribution is 2.05. The molecule has 0 spiro atoms. The summed E-state index contributed by atoms with van der Waals surface area (Å²) in [5.74, 6) is -0.254. The van der Waals surface area contributed by atoms with E-state index < -0.39 is 10.0 Å². The smallest absolute Gasteiger partial charge is 0.209 e. The highest BCUT2D eigenvalue weighted by molar-refractivity contribution is 7.89. The van der Waals surface area contributed by atoms with E-state index in [1.165, 1.54) is 12.1 Å². The van der Waals surface area contributed by atoms with Gasteiger partial charge in [0.25, 0.3) is 0 Å². The van der Waals surface area contributed by atoms with Crippen molar-refractivity contribution in [2.24, 2.45) is 5.14 Å². The normalized spacial score (nSPS) is 13.5. The van der Waals surface area contributed by atoms with Gasteiger partial charge in [-0.2, -0.15) is 0 Å². The third-order valence-corrected chi connectivity index (χ3v) is 3.41. The van der Waals surface area contributed by atoms with Crippen molar-refractivity contribution in [2.45, 2.75) is 25.8 Å². The Hall–Kier alpha value is -0.980. The monoisotopic (exact) mass is 274 g/mol. The molecular weight excluding hydrogens is 255 g/mol. The maximum absolute atomic E-state index is 12.7. The molecule has 0 bridgehead atoms. The summed E-state index contributed by atoms with van der Waals surface area (Å²) in [4.78, 5) is 0. The van der Waals surface area contributed by atoms with E-state index in [0.29, 0.717) is 13.0 Å². The molecule has 1 aromatic rings. The van der Waals surface area contributed by atoms with Crippen molar-refractivity contribution in [3.05, 3.63) is 35.6 Å². The topological polar surface area (TPSA) is 72.2 Å². The predicted octanol–water partition coefficient (Wildman–Crippen LogP) is 1.02. The number of rotatable bonds is 7. The molecular formula is C12H19FN2O2S. The van der Waals surface area contributed by atoms with Crippen LogP contribution in [0, 0.1) is 5.82 Å². The number of halogens is 1. The largest absolute Gasteiger partial charge is 0.314 e. The van der Waals surface area contributed by atoms with Crippen LogP contribution in [0.5, 0.6) is 0 Å². The van der Waals surface area contributed by atoms with E-state index in [1.54, 1.807) is 12.1 Å². The molecule has 3 N–H and O–H groups in total. The van der Waals surface area contributed by atoms with Crippen molar-refractivity contribution in [3.63, 3.8) is 0 Å². The molecule has 18 heavy (non-hydrogen) atoms. The Morgan fingerprint density at radius 2 is 1.94 bits per heavy atom. The summed E-state index contributed by atoms with van der Waals surface area (Å²) in [7, 11) is -3.37. The summed E-state index contributed by atoms with van der Waals surface area (Å²) in [5, 5.41) is 8.10. The third-order valence-electron chi connectivity index (χ3n) is 2.55. The first kappa shape index (κ1) is 15.1. The van der Waals surface area contributed by atoms with Gasteiger partial charge in [0, 0.05) is 6.04 Å². The van der Waals surface area contributed by atoms with Gasteiger partial charge in [-0.05, 0) is 44.0 Å². The fraction of sp³-hybridized carbons (Fsp3) is 0.500. The molecule has 1 rings (SSSR count). The van der Waals surface area contributed by atoms with Crippen LogP contribution in [0.4, 0.5) is 4.39 Å². The lowest BCUT2D eigenvalue weighted by atomic mass is 10.1. The lowest BCUT2D eigenvalue weighted by Gasteiger charge is -2.13. The van der Waals surface area contributed by atoms with Gasteiger partial charge >= 0.3 is 0 Å². The summed E-state index contributed by atoms with van der Waals surface area (Å²) in [6, 6.07) is 6.57. The molecule has 0 saturated heterocycles. The molecule has 0 radical (unpaired) electrons. The first-order chi connectivity index (χ1) is 8.37. The minimum absolute atomic E-state index is 0.0106. The Morgan fingerprint density at radius 3 is 2.50 bits per heavy atom. The quantitative estimate of drug-likeness (QED) is 0.729. The van der Waals surface area contributed by atoms with Crippen LogP contribution in [0.15, 0.2) is 24.3 Å². The first-order valence-electron chi connectivity index (χ1n) is 5.85. The molecule has 0 fully saturated rings. The number of sulfonamides is 1. The number of benzene rings is 1. The zero-order chi connectivity index (χ0) is 13.6. The van der Waals surface area contributed by atoms with E-state index in [0.717, 1.165) is 12.0 Å². The zero-order valence-corrected chi connectivity index (χ0v) is 11.2. The third kappa shape index (κ3) is 6.68. The van der Waals surface area contributed by atoms with Crippen LogP contribution in [-0.4, -0.2) is 26.8 Å². The summed E-state index contributed by atoms with van der Waals surface area (Å²) >= 11 is 0. The molecule has 0 amide bonds. The lowest BCUT2D eigenvalue weighted by Crippen LogP contribution is -2.30. The van der Waals surface area contributed by atoms with Crippen molar-refractivity contribution >= 4 is 10.0 Å². The molecule has 0 heterocycles. The Kier molecular flexibility index (Phi) is 5.71. The second kappa shape index (κ2) is 6.82. The van der Waals surface area contributed by atoms with Gasteiger partial charge in [-0.1, -0.05) is 12.1 Å². The van der Waals surface area contributed by atoms with Gasteiger partial charge in [-0.3, -0.25) is 0 Å². The fourth-order valence-corrected chi connectivity index (χ4v) is 2.21. The Bertz CT molecular complexity index is 459. The van der Waals surface area contributed by atoms with E-state index in [4.69, 9.17) is 5.14 Å². The first-order valence-corrected chi connectivity index (χ1v) is 7.56. The molecule has 4 nitrogen and oxygen atoms in total. The molecule has 0 aromatic heterocycles. The summed E-state index contributed by atoms with van der Waals surface area (Å²) in [5.41, 5.74) is 1.04. The van der Waals surface area contributed by atoms with Gasteiger partial charge in [0.15, 0.2) is 0 Å². The molecule has 1 unspecified atom stereocenters. The molecule has 1 aromatic carbocycles. The minimum Gasteiger partial charge on any atom is -0.314 e. The average molecular weight is 274 g/mol. The Labute approximate surface area is 107 Å². The van der Waals surface area contributed by atoms with Crippen LogP contribution >= 0.6 is 0 Å². The van der Waals surface area contributed by atoms with Crippen LogP contribution in [-0.2, 0) is 16.4 Å². The van der Waals surface area contributed by atoms with Crippen molar-refractivity contribution in [3.8, 4) is 0 Å². The van der Waals surface area contributed by atoms with Crippen LogP contribution in [0.1, 0.15) is 18.9 Å². The number of nitrogens with one attached hydrogen (secondary N) is 1. The highest BCUT2D eigenvalue weighted by atomic mass is 32.2. The zero-order valence-electron chi connectivity index (χ0n) is 10.4. The second-order valence-electron chi connectivity index (χ2n) is 4.41. The maximum Gasteiger partial charge on any atom is 0.209 e. The standard InChI is InChI=1S/C12H19FN2O2S/c1-10(15-7-2-8-18(14,16)17)9-11-3-5-12(13)6-4-11/h3-6,10,15H,2,7-9H2,1H3,(H2,14,16,17). The second-order valence-corrected chi connectivity index (χ2v) is 6.14. The molecule has 0 aliphatic carbocycles. The average Bonchev–Trinajstić information content (AvgIpc) is 2.26. The van der Waals surface area contributed by atoms with E-state index in [1.807, 2.05) is 6.92 Å². The van der Waals surface area contributed by atoms with Crippen LogP contribution in [0.3, 0.4) is 0 Å². The Balaban J connectivity index is 2.25. The predicted molar refractivity (Wildman–Crippen MR) is 70.2 cm³/mol. The molecule has 0 aliphatic heterocycles. The molecule has 6 heteroatoms. The van der Waals surface area contributed by atoms with Crippen molar-refractivity contribution in [1.29, 1.82) is 0 Å². The van der Waals surface area contributed by atoms with Crippen LogP contribution < -0.4 is 10.5 Å². The molecule has 0 saturated carbocycles. The number of hydrogen-bond acceptors (Lipinski definition) is 3. The Morgan fingerprint density at radius 1 is 1.33 bits per heavy atom. The van der Waals surface area contributed by atoms with Crippen molar-refractivity contribution < 1.29 is 12.8 Å². The van der Waals surface area contributed by atoms with Crippen LogP contribution in [0.2, 0.25) is 0 Å². The van der Waals surface area contributed by atoms with E-state index in [2.05, 4.69) is 5.32 Å². The van der Waals surface area contributed by atoms with Gasteiger partial charge in [0.05, 0.1) is 5.75 Å². The SMILES string of the molecule is CC(Cc1ccc(F)cc1)NCCCS(N)(=O)=O. The summed E-state index contributed by atoms with van der Waals surface area (Å²) in [6.07, 6.45) is 1.27. The van der Waals surface area contributed by atoms with Gasteiger partial charge in [-0.15, -0.1) is 0 Å².